The van der Waals surface area contributed by atoms with Crippen molar-refractivity contribution in [3.05, 3.63) is 77.4 Å². The fourth-order valence-electron chi connectivity index (χ4n) is 4.18. The van der Waals surface area contributed by atoms with E-state index in [-0.39, 0.29) is 37.2 Å². The van der Waals surface area contributed by atoms with E-state index in [1.54, 1.807) is 13.2 Å². The van der Waals surface area contributed by atoms with Crippen LogP contribution in [0.2, 0.25) is 0 Å². The Hall–Kier alpha value is -3.47. The highest BCUT2D eigenvalue weighted by atomic mass is 32.2. The summed E-state index contributed by atoms with van der Waals surface area (Å²) in [6.45, 7) is 0.364. The summed E-state index contributed by atoms with van der Waals surface area (Å²) in [6.07, 6.45) is 1.14. The maximum Gasteiger partial charge on any atom is 0.231 e. The Morgan fingerprint density at radius 2 is 1.75 bits per heavy atom. The van der Waals surface area contributed by atoms with Crippen molar-refractivity contribution in [2.24, 2.45) is 0 Å². The molecule has 2 atom stereocenters. The SMILES string of the molecule is COc1ccc([C@@H](Cc2ccccc2)NC[C@@H](O)Cc2ccc(O)c(NS(C)(=O)=O)c2)c2c1OCO2. The number of ether oxygens (including phenoxy) is 3. The molecule has 0 spiro atoms. The highest BCUT2D eigenvalue weighted by Crippen LogP contribution is 2.45. The van der Waals surface area contributed by atoms with Crippen LogP contribution >= 0.6 is 0 Å². The number of aliphatic hydroxyl groups excluding tert-OH is 1. The molecule has 0 fully saturated rings. The van der Waals surface area contributed by atoms with E-state index in [9.17, 15) is 18.6 Å². The van der Waals surface area contributed by atoms with Crippen molar-refractivity contribution in [1.29, 1.82) is 0 Å². The fraction of sp³-hybridized carbons (Fsp3) is 0.308. The van der Waals surface area contributed by atoms with Crippen molar-refractivity contribution in [2.45, 2.75) is 25.0 Å². The first-order chi connectivity index (χ1) is 17.2. The lowest BCUT2D eigenvalue weighted by atomic mass is 9.97. The number of benzene rings is 3. The minimum Gasteiger partial charge on any atom is -0.506 e. The summed E-state index contributed by atoms with van der Waals surface area (Å²) in [5, 5.41) is 24.2. The molecule has 3 aromatic rings. The number of rotatable bonds is 11. The van der Waals surface area contributed by atoms with Crippen molar-refractivity contribution in [3.8, 4) is 23.0 Å². The molecule has 4 N–H and O–H groups in total. The molecule has 0 aliphatic carbocycles. The number of aromatic hydroxyl groups is 1. The maximum atomic E-state index is 11.6. The average molecular weight is 515 g/mol. The van der Waals surface area contributed by atoms with E-state index < -0.39 is 16.1 Å². The normalized spacial score (nSPS) is 14.3. The molecule has 1 heterocycles. The molecule has 0 saturated heterocycles. The van der Waals surface area contributed by atoms with Crippen molar-refractivity contribution >= 4 is 15.7 Å². The van der Waals surface area contributed by atoms with E-state index in [1.807, 2.05) is 42.5 Å². The van der Waals surface area contributed by atoms with E-state index >= 15 is 0 Å². The molecule has 4 rings (SSSR count). The number of fused-ring (bicyclic) bond motifs is 1. The predicted octanol–water partition coefficient (Wildman–Crippen LogP) is 2.98. The molecule has 1 aliphatic rings. The van der Waals surface area contributed by atoms with E-state index in [4.69, 9.17) is 14.2 Å². The van der Waals surface area contributed by atoms with E-state index in [2.05, 4.69) is 10.0 Å². The number of phenolic OH excluding ortho intramolecular Hbond substituents is 1. The van der Waals surface area contributed by atoms with Crippen LogP contribution in [0, 0.1) is 0 Å². The first kappa shape index (κ1) is 25.6. The summed E-state index contributed by atoms with van der Waals surface area (Å²) in [6, 6.07) is 18.1. The Bertz CT molecular complexity index is 1300. The van der Waals surface area contributed by atoms with Crippen LogP contribution in [0.15, 0.2) is 60.7 Å². The molecule has 0 amide bonds. The molecule has 0 saturated carbocycles. The van der Waals surface area contributed by atoms with E-state index in [0.29, 0.717) is 29.2 Å². The topological polar surface area (TPSA) is 126 Å². The maximum absolute atomic E-state index is 11.6. The zero-order chi connectivity index (χ0) is 25.7. The van der Waals surface area contributed by atoms with Gasteiger partial charge in [-0.25, -0.2) is 8.42 Å². The summed E-state index contributed by atoms with van der Waals surface area (Å²) in [7, 11) is -1.98. The number of anilines is 1. The molecule has 0 bridgehead atoms. The van der Waals surface area contributed by atoms with Crippen molar-refractivity contribution in [2.75, 3.05) is 31.4 Å². The fourth-order valence-corrected chi connectivity index (χ4v) is 4.75. The lowest BCUT2D eigenvalue weighted by Crippen LogP contribution is -2.33. The largest absolute Gasteiger partial charge is 0.506 e. The van der Waals surface area contributed by atoms with Gasteiger partial charge in [-0.2, -0.15) is 0 Å². The van der Waals surface area contributed by atoms with Gasteiger partial charge in [-0.1, -0.05) is 36.4 Å². The van der Waals surface area contributed by atoms with Crippen LogP contribution in [0.25, 0.3) is 0 Å². The molecule has 0 unspecified atom stereocenters. The molecular weight excluding hydrogens is 484 g/mol. The van der Waals surface area contributed by atoms with Gasteiger partial charge < -0.3 is 29.7 Å². The minimum atomic E-state index is -3.55. The molecule has 0 aromatic heterocycles. The number of methoxy groups -OCH3 is 1. The third-order valence-electron chi connectivity index (χ3n) is 5.82. The Balaban J connectivity index is 1.51. The molecule has 9 nitrogen and oxygen atoms in total. The average Bonchev–Trinajstić information content (AvgIpc) is 3.33. The molecule has 192 valence electrons. The molecule has 10 heteroatoms. The standard InChI is InChI=1S/C26H30N2O7S/c1-33-24-11-9-20(25-26(24)35-16-34-25)21(13-17-6-4-3-5-7-17)27-15-19(29)12-18-8-10-23(30)22(14-18)28-36(2,31)32/h3-11,14,19,21,27-30H,12-13,15-16H2,1-2H3/t19-,21+/m0/s1. The lowest BCUT2D eigenvalue weighted by molar-refractivity contribution is 0.163. The van der Waals surface area contributed by atoms with Gasteiger partial charge in [0.2, 0.25) is 22.6 Å². The van der Waals surface area contributed by atoms with Gasteiger partial charge in [0.05, 0.1) is 25.2 Å². The summed E-state index contributed by atoms with van der Waals surface area (Å²) in [5.41, 5.74) is 2.75. The van der Waals surface area contributed by atoms with Gasteiger partial charge in [0, 0.05) is 18.2 Å². The van der Waals surface area contributed by atoms with Gasteiger partial charge >= 0.3 is 0 Å². The van der Waals surface area contributed by atoms with Gasteiger partial charge in [0.25, 0.3) is 0 Å². The smallest absolute Gasteiger partial charge is 0.231 e. The third kappa shape index (κ3) is 6.39. The first-order valence-electron chi connectivity index (χ1n) is 11.4. The number of sulfonamides is 1. The van der Waals surface area contributed by atoms with E-state index in [1.165, 1.54) is 12.1 Å². The number of hydrogen-bond acceptors (Lipinski definition) is 8. The van der Waals surface area contributed by atoms with Crippen LogP contribution in [-0.4, -0.2) is 51.4 Å². The van der Waals surface area contributed by atoms with E-state index in [0.717, 1.165) is 17.4 Å². The third-order valence-corrected chi connectivity index (χ3v) is 6.41. The number of hydrogen-bond donors (Lipinski definition) is 4. The molecule has 1 aliphatic heterocycles. The monoisotopic (exact) mass is 514 g/mol. The molecule has 0 radical (unpaired) electrons. The molecular formula is C26H30N2O7S. The number of aliphatic hydroxyl groups is 1. The van der Waals surface area contributed by atoms with Crippen LogP contribution in [0.1, 0.15) is 22.7 Å². The number of phenols is 1. The Morgan fingerprint density at radius 3 is 2.47 bits per heavy atom. The zero-order valence-corrected chi connectivity index (χ0v) is 20.9. The first-order valence-corrected chi connectivity index (χ1v) is 13.3. The van der Waals surface area contributed by atoms with Gasteiger partial charge in [0.1, 0.15) is 5.75 Å². The minimum absolute atomic E-state index is 0.0723. The number of nitrogens with one attached hydrogen (secondary N) is 2. The summed E-state index contributed by atoms with van der Waals surface area (Å²) in [5.74, 6) is 1.59. The summed E-state index contributed by atoms with van der Waals surface area (Å²) >= 11 is 0. The highest BCUT2D eigenvalue weighted by molar-refractivity contribution is 7.92. The zero-order valence-electron chi connectivity index (χ0n) is 20.1. The van der Waals surface area contributed by atoms with Crippen molar-refractivity contribution in [1.82, 2.24) is 5.32 Å². The molecule has 36 heavy (non-hydrogen) atoms. The van der Waals surface area contributed by atoms with Crippen LogP contribution in [0.3, 0.4) is 0 Å². The lowest BCUT2D eigenvalue weighted by Gasteiger charge is -2.23. The van der Waals surface area contributed by atoms with Gasteiger partial charge in [-0.05, 0) is 48.2 Å². The van der Waals surface area contributed by atoms with Crippen LogP contribution in [0.4, 0.5) is 5.69 Å². The van der Waals surface area contributed by atoms with Crippen molar-refractivity contribution in [3.63, 3.8) is 0 Å². The predicted molar refractivity (Wildman–Crippen MR) is 136 cm³/mol. The second kappa shape index (κ2) is 11.1. The summed E-state index contributed by atoms with van der Waals surface area (Å²) < 4.78 is 42.2. The highest BCUT2D eigenvalue weighted by Gasteiger charge is 2.27. The van der Waals surface area contributed by atoms with Gasteiger partial charge in [-0.3, -0.25) is 4.72 Å². The Kier molecular flexibility index (Phi) is 7.88. The van der Waals surface area contributed by atoms with Gasteiger partial charge in [-0.15, -0.1) is 0 Å². The second-order valence-corrected chi connectivity index (χ2v) is 10.4. The quantitative estimate of drug-likeness (QED) is 0.288. The second-order valence-electron chi connectivity index (χ2n) is 8.66. The molecule has 3 aromatic carbocycles. The van der Waals surface area contributed by atoms with Crippen LogP contribution < -0.4 is 24.2 Å². The van der Waals surface area contributed by atoms with Crippen LogP contribution in [-0.2, 0) is 22.9 Å². The Labute approximate surface area is 210 Å². The summed E-state index contributed by atoms with van der Waals surface area (Å²) in [4.78, 5) is 0. The van der Waals surface area contributed by atoms with Crippen LogP contribution in [0.5, 0.6) is 23.0 Å². The van der Waals surface area contributed by atoms with Crippen molar-refractivity contribution < 1.29 is 32.8 Å². The Morgan fingerprint density at radius 1 is 1.00 bits per heavy atom. The van der Waals surface area contributed by atoms with Gasteiger partial charge in [0.15, 0.2) is 11.5 Å².